The molecule has 0 spiro atoms. The molecule has 84 valence electrons. The Morgan fingerprint density at radius 2 is 2.00 bits per heavy atom. The zero-order chi connectivity index (χ0) is 12.2. The fourth-order valence-corrected chi connectivity index (χ4v) is 1.32. The third kappa shape index (κ3) is 3.93. The molecule has 0 atom stereocenters. The van der Waals surface area contributed by atoms with E-state index in [1.165, 1.54) is 0 Å². The molecule has 0 heterocycles. The first-order valence-corrected chi connectivity index (χ1v) is 6.36. The van der Waals surface area contributed by atoms with Crippen LogP contribution in [0.3, 0.4) is 0 Å². The maximum atomic E-state index is 10.7. The molecular weight excluding hydrogens is 250 g/mol. The Hall–Kier alpha value is -1.51. The first kappa shape index (κ1) is 12.6. The van der Waals surface area contributed by atoms with Gasteiger partial charge in [0.25, 0.3) is 0 Å². The van der Waals surface area contributed by atoms with Gasteiger partial charge in [0.2, 0.25) is 0 Å². The van der Waals surface area contributed by atoms with E-state index in [-0.39, 0.29) is 5.57 Å². The largest absolute Gasteiger partial charge is 0.389 e. The summed E-state index contributed by atoms with van der Waals surface area (Å²) in [4.78, 5) is 0. The van der Waals surface area contributed by atoms with Crippen LogP contribution >= 0.6 is 11.6 Å². The summed E-state index contributed by atoms with van der Waals surface area (Å²) < 4.78 is 25.9. The van der Waals surface area contributed by atoms with Crippen molar-refractivity contribution in [2.24, 2.45) is 0 Å². The Balaban J connectivity index is 3.00. The summed E-state index contributed by atoms with van der Waals surface area (Å²) in [6.45, 7) is 0. The van der Waals surface area contributed by atoms with Crippen LogP contribution in [-0.4, -0.2) is 14.7 Å². The van der Waals surface area contributed by atoms with Crippen molar-refractivity contribution in [1.29, 1.82) is 5.26 Å². The van der Waals surface area contributed by atoms with E-state index < -0.39 is 10.1 Å². The Kier molecular flexibility index (Phi) is 3.93. The van der Waals surface area contributed by atoms with Crippen molar-refractivity contribution in [3.8, 4) is 6.07 Å². The van der Waals surface area contributed by atoms with Gasteiger partial charge in [-0.25, -0.2) is 0 Å². The van der Waals surface area contributed by atoms with Crippen molar-refractivity contribution in [1.82, 2.24) is 0 Å². The highest BCUT2D eigenvalue weighted by molar-refractivity contribution is 7.86. The van der Waals surface area contributed by atoms with E-state index in [0.29, 0.717) is 10.6 Å². The van der Waals surface area contributed by atoms with E-state index in [4.69, 9.17) is 16.9 Å². The van der Waals surface area contributed by atoms with Crippen LogP contribution in [-0.2, 0) is 14.3 Å². The highest BCUT2D eigenvalue weighted by atomic mass is 35.5. The zero-order valence-electron chi connectivity index (χ0n) is 8.34. The third-order valence-corrected chi connectivity index (χ3v) is 2.31. The first-order valence-electron chi connectivity index (χ1n) is 4.17. The molecule has 16 heavy (non-hydrogen) atoms. The smallest absolute Gasteiger partial charge is 0.305 e. The molecule has 0 saturated carbocycles. The molecule has 1 rings (SSSR count). The van der Waals surface area contributed by atoms with Crippen molar-refractivity contribution in [2.75, 3.05) is 6.26 Å². The van der Waals surface area contributed by atoms with Crippen LogP contribution < -0.4 is 0 Å². The molecule has 0 saturated heterocycles. The number of rotatable bonds is 3. The van der Waals surface area contributed by atoms with E-state index in [0.717, 1.165) is 12.5 Å². The lowest BCUT2D eigenvalue weighted by Gasteiger charge is -2.00. The van der Waals surface area contributed by atoms with Crippen LogP contribution in [0.4, 0.5) is 0 Å². The van der Waals surface area contributed by atoms with Crippen molar-refractivity contribution in [2.45, 2.75) is 0 Å². The summed E-state index contributed by atoms with van der Waals surface area (Å²) >= 11 is 5.68. The SMILES string of the molecule is CS(=O)(=O)OC=C(C#N)c1ccc(Cl)cc1. The monoisotopic (exact) mass is 257 g/mol. The van der Waals surface area contributed by atoms with E-state index in [9.17, 15) is 8.42 Å². The highest BCUT2D eigenvalue weighted by Crippen LogP contribution is 2.17. The van der Waals surface area contributed by atoms with Gasteiger partial charge in [0.15, 0.2) is 0 Å². The average Bonchev–Trinajstić information content (AvgIpc) is 2.20. The minimum absolute atomic E-state index is 0.113. The fraction of sp³-hybridized carbons (Fsp3) is 0.100. The number of nitrogens with zero attached hydrogens (tertiary/aromatic N) is 1. The van der Waals surface area contributed by atoms with Gasteiger partial charge < -0.3 is 4.18 Å². The number of hydrogen-bond acceptors (Lipinski definition) is 4. The van der Waals surface area contributed by atoms with Crippen LogP contribution in [0, 0.1) is 11.3 Å². The van der Waals surface area contributed by atoms with E-state index in [2.05, 4.69) is 4.18 Å². The highest BCUT2D eigenvalue weighted by Gasteiger charge is 2.04. The van der Waals surface area contributed by atoms with Gasteiger partial charge in [-0.2, -0.15) is 13.7 Å². The molecule has 0 fully saturated rings. The summed E-state index contributed by atoms with van der Waals surface area (Å²) in [6.07, 6.45) is 1.80. The van der Waals surface area contributed by atoms with Crippen molar-refractivity contribution in [3.05, 3.63) is 41.1 Å². The molecule has 1 aromatic carbocycles. The summed E-state index contributed by atoms with van der Waals surface area (Å²) in [6, 6.07) is 8.24. The zero-order valence-corrected chi connectivity index (χ0v) is 9.92. The summed E-state index contributed by atoms with van der Waals surface area (Å²) in [5.41, 5.74) is 0.651. The number of allylic oxidation sites excluding steroid dienone is 1. The maximum absolute atomic E-state index is 10.7. The predicted octanol–water partition coefficient (Wildman–Crippen LogP) is 2.18. The second-order valence-electron chi connectivity index (χ2n) is 2.95. The molecule has 0 aromatic heterocycles. The second kappa shape index (κ2) is 5.01. The van der Waals surface area contributed by atoms with Gasteiger partial charge in [0.05, 0.1) is 11.8 Å². The number of halogens is 1. The molecule has 0 radical (unpaired) electrons. The Bertz CT molecular complexity index is 540. The number of hydrogen-bond donors (Lipinski definition) is 0. The molecule has 0 amide bonds. The van der Waals surface area contributed by atoms with Crippen LogP contribution in [0.5, 0.6) is 0 Å². The van der Waals surface area contributed by atoms with Crippen LogP contribution in [0.25, 0.3) is 5.57 Å². The molecule has 0 bridgehead atoms. The topological polar surface area (TPSA) is 67.2 Å². The van der Waals surface area contributed by atoms with Gasteiger partial charge in [-0.05, 0) is 17.7 Å². The normalized spacial score (nSPS) is 11.9. The maximum Gasteiger partial charge on any atom is 0.305 e. The van der Waals surface area contributed by atoms with Crippen molar-refractivity contribution < 1.29 is 12.6 Å². The lowest BCUT2D eigenvalue weighted by molar-refractivity contribution is 0.451. The first-order chi connectivity index (χ1) is 7.42. The van der Waals surface area contributed by atoms with E-state index >= 15 is 0 Å². The molecule has 0 unspecified atom stereocenters. The Morgan fingerprint density at radius 3 is 2.44 bits per heavy atom. The van der Waals surface area contributed by atoms with Crippen LogP contribution in [0.1, 0.15) is 5.56 Å². The number of nitriles is 1. The minimum atomic E-state index is -3.60. The minimum Gasteiger partial charge on any atom is -0.389 e. The summed E-state index contributed by atoms with van der Waals surface area (Å²) in [7, 11) is -3.60. The van der Waals surface area contributed by atoms with Crippen molar-refractivity contribution in [3.63, 3.8) is 0 Å². The lowest BCUT2D eigenvalue weighted by Crippen LogP contribution is -1.97. The molecule has 0 aliphatic heterocycles. The van der Waals surface area contributed by atoms with Gasteiger partial charge in [-0.3, -0.25) is 0 Å². The van der Waals surface area contributed by atoms with Gasteiger partial charge in [-0.15, -0.1) is 0 Å². The third-order valence-electron chi connectivity index (χ3n) is 1.62. The lowest BCUT2D eigenvalue weighted by atomic mass is 10.1. The van der Waals surface area contributed by atoms with Crippen LogP contribution in [0.15, 0.2) is 30.5 Å². The van der Waals surface area contributed by atoms with E-state index in [1.54, 1.807) is 24.3 Å². The van der Waals surface area contributed by atoms with Crippen molar-refractivity contribution >= 4 is 27.3 Å². The Labute approximate surface area is 98.8 Å². The second-order valence-corrected chi connectivity index (χ2v) is 4.99. The van der Waals surface area contributed by atoms with Gasteiger partial charge in [0.1, 0.15) is 12.3 Å². The van der Waals surface area contributed by atoms with Gasteiger partial charge in [-0.1, -0.05) is 23.7 Å². The molecule has 1 aromatic rings. The van der Waals surface area contributed by atoms with E-state index in [1.807, 2.05) is 6.07 Å². The molecule has 4 nitrogen and oxygen atoms in total. The fourth-order valence-electron chi connectivity index (χ4n) is 0.924. The summed E-state index contributed by atoms with van der Waals surface area (Å²) in [5.74, 6) is 0. The molecule has 0 aliphatic carbocycles. The molecule has 6 heteroatoms. The van der Waals surface area contributed by atoms with Crippen LogP contribution in [0.2, 0.25) is 5.02 Å². The molecule has 0 aliphatic rings. The predicted molar refractivity (Wildman–Crippen MR) is 61.0 cm³/mol. The average molecular weight is 258 g/mol. The number of benzene rings is 1. The quantitative estimate of drug-likeness (QED) is 0.473. The standard InChI is InChI=1S/C10H8ClNO3S/c1-16(13,14)15-7-9(6-12)8-2-4-10(11)5-3-8/h2-5,7H,1H3. The summed E-state index contributed by atoms with van der Waals surface area (Å²) in [5, 5.41) is 9.35. The van der Waals surface area contributed by atoms with Gasteiger partial charge >= 0.3 is 10.1 Å². The molecule has 0 N–H and O–H groups in total. The van der Waals surface area contributed by atoms with Gasteiger partial charge in [0, 0.05) is 5.02 Å². The Morgan fingerprint density at radius 1 is 1.44 bits per heavy atom. The molecular formula is C10H8ClNO3S.